The van der Waals surface area contributed by atoms with Crippen LogP contribution in [0.15, 0.2) is 18.5 Å². The smallest absolute Gasteiger partial charge is 0.166 e. The topological polar surface area (TPSA) is 42.0 Å². The molecule has 4 heteroatoms. The highest BCUT2D eigenvalue weighted by Gasteiger charge is 2.23. The summed E-state index contributed by atoms with van der Waals surface area (Å²) in [6, 6.07) is 1.46. The predicted octanol–water partition coefficient (Wildman–Crippen LogP) is 2.43. The predicted molar refractivity (Wildman–Crippen MR) is 67.9 cm³/mol. The monoisotopic (exact) mass is 250 g/mol. The molecule has 1 aromatic rings. The second kappa shape index (κ2) is 6.05. The van der Waals surface area contributed by atoms with E-state index < -0.39 is 5.82 Å². The van der Waals surface area contributed by atoms with Crippen molar-refractivity contribution in [2.24, 2.45) is 11.8 Å². The molecule has 2 rings (SSSR count). The third-order valence-electron chi connectivity index (χ3n) is 3.72. The van der Waals surface area contributed by atoms with E-state index in [9.17, 15) is 9.18 Å². The first kappa shape index (κ1) is 13.1. The van der Waals surface area contributed by atoms with Crippen LogP contribution in [-0.2, 0) is 0 Å². The van der Waals surface area contributed by atoms with Crippen molar-refractivity contribution in [3.05, 3.63) is 29.8 Å². The Morgan fingerprint density at radius 3 is 3.17 bits per heavy atom. The summed E-state index contributed by atoms with van der Waals surface area (Å²) in [6.45, 7) is 4.11. The molecule has 98 valence electrons. The molecule has 1 saturated heterocycles. The number of nitrogens with one attached hydrogen (secondary N) is 1. The van der Waals surface area contributed by atoms with Crippen LogP contribution in [0.4, 0.5) is 4.39 Å². The molecule has 0 saturated carbocycles. The highest BCUT2D eigenvalue weighted by molar-refractivity contribution is 5.96. The lowest BCUT2D eigenvalue weighted by atomic mass is 9.83. The molecule has 3 nitrogen and oxygen atoms in total. The Kier molecular flexibility index (Phi) is 4.42. The van der Waals surface area contributed by atoms with Gasteiger partial charge in [0.1, 0.15) is 0 Å². The highest BCUT2D eigenvalue weighted by Crippen LogP contribution is 2.24. The number of Topliss-reactive ketones (excluding diaryl/α,β-unsaturated/α-hetero) is 1. The second-order valence-corrected chi connectivity index (χ2v) is 5.07. The van der Waals surface area contributed by atoms with E-state index in [0.717, 1.165) is 32.1 Å². The average Bonchev–Trinajstić information content (AvgIpc) is 2.40. The molecule has 1 aliphatic rings. The van der Waals surface area contributed by atoms with Gasteiger partial charge in [-0.3, -0.25) is 9.78 Å². The van der Waals surface area contributed by atoms with Crippen molar-refractivity contribution < 1.29 is 9.18 Å². The zero-order valence-corrected chi connectivity index (χ0v) is 10.7. The van der Waals surface area contributed by atoms with E-state index in [0.29, 0.717) is 12.3 Å². The summed E-state index contributed by atoms with van der Waals surface area (Å²) in [6.07, 6.45) is 5.28. The van der Waals surface area contributed by atoms with E-state index in [4.69, 9.17) is 0 Å². The maximum atomic E-state index is 13.4. The van der Waals surface area contributed by atoms with E-state index in [1.165, 1.54) is 12.3 Å². The van der Waals surface area contributed by atoms with Crippen LogP contribution in [0.1, 0.15) is 36.5 Å². The minimum Gasteiger partial charge on any atom is -0.316 e. The van der Waals surface area contributed by atoms with Gasteiger partial charge in [-0.1, -0.05) is 6.92 Å². The maximum absolute atomic E-state index is 13.4. The fraction of sp³-hybridized carbons (Fsp3) is 0.571. The lowest BCUT2D eigenvalue weighted by Gasteiger charge is -2.28. The van der Waals surface area contributed by atoms with Crippen LogP contribution in [0.2, 0.25) is 0 Å². The van der Waals surface area contributed by atoms with Crippen molar-refractivity contribution in [3.8, 4) is 0 Å². The van der Waals surface area contributed by atoms with Crippen LogP contribution in [0.25, 0.3) is 0 Å². The van der Waals surface area contributed by atoms with Crippen molar-refractivity contribution in [2.45, 2.75) is 26.2 Å². The summed E-state index contributed by atoms with van der Waals surface area (Å²) in [4.78, 5) is 15.7. The molecule has 2 heterocycles. The summed E-state index contributed by atoms with van der Waals surface area (Å²) in [5.41, 5.74) is 0.167. The number of piperidine rings is 1. The summed E-state index contributed by atoms with van der Waals surface area (Å²) < 4.78 is 13.4. The lowest BCUT2D eigenvalue weighted by molar-refractivity contribution is 0.0939. The average molecular weight is 250 g/mol. The number of nitrogens with zero attached hydrogens (tertiary/aromatic N) is 1. The van der Waals surface area contributed by atoms with Crippen molar-refractivity contribution in [1.29, 1.82) is 0 Å². The van der Waals surface area contributed by atoms with Gasteiger partial charge in [-0.25, -0.2) is 4.39 Å². The molecule has 0 bridgehead atoms. The molecule has 1 N–H and O–H groups in total. The minimum absolute atomic E-state index is 0.118. The Morgan fingerprint density at radius 1 is 1.67 bits per heavy atom. The number of ketones is 1. The van der Waals surface area contributed by atoms with Crippen LogP contribution in [0.5, 0.6) is 0 Å². The highest BCUT2D eigenvalue weighted by atomic mass is 19.1. The summed E-state index contributed by atoms with van der Waals surface area (Å²) >= 11 is 0. The van der Waals surface area contributed by atoms with Gasteiger partial charge >= 0.3 is 0 Å². The molecule has 0 amide bonds. The van der Waals surface area contributed by atoms with Gasteiger partial charge in [0, 0.05) is 12.6 Å². The number of halogens is 1. The lowest BCUT2D eigenvalue weighted by Crippen LogP contribution is -2.34. The van der Waals surface area contributed by atoms with Gasteiger partial charge in [0.05, 0.1) is 11.8 Å². The Hall–Kier alpha value is -1.29. The van der Waals surface area contributed by atoms with Crippen LogP contribution < -0.4 is 5.32 Å². The van der Waals surface area contributed by atoms with Gasteiger partial charge in [-0.05, 0) is 43.8 Å². The molecule has 0 aliphatic carbocycles. The van der Waals surface area contributed by atoms with Crippen LogP contribution in [-0.4, -0.2) is 23.9 Å². The fourth-order valence-corrected chi connectivity index (χ4v) is 2.53. The van der Waals surface area contributed by atoms with Crippen molar-refractivity contribution in [2.75, 3.05) is 13.1 Å². The van der Waals surface area contributed by atoms with Gasteiger partial charge in [0.15, 0.2) is 11.6 Å². The van der Waals surface area contributed by atoms with E-state index in [-0.39, 0.29) is 17.3 Å². The van der Waals surface area contributed by atoms with E-state index in [2.05, 4.69) is 17.2 Å². The Morgan fingerprint density at radius 2 is 2.50 bits per heavy atom. The molecular formula is C14H19FN2O. The van der Waals surface area contributed by atoms with E-state index in [1.807, 2.05) is 0 Å². The first-order valence-electron chi connectivity index (χ1n) is 6.52. The van der Waals surface area contributed by atoms with Crippen molar-refractivity contribution in [3.63, 3.8) is 0 Å². The molecule has 0 aromatic carbocycles. The van der Waals surface area contributed by atoms with Gasteiger partial charge < -0.3 is 5.32 Å². The molecule has 18 heavy (non-hydrogen) atoms. The molecule has 1 aromatic heterocycles. The molecule has 2 unspecified atom stereocenters. The van der Waals surface area contributed by atoms with Crippen molar-refractivity contribution >= 4 is 5.78 Å². The molecular weight excluding hydrogens is 231 g/mol. The fourth-order valence-electron chi connectivity index (χ4n) is 2.53. The molecule has 0 spiro atoms. The number of aromatic nitrogens is 1. The number of hydrogen-bond donors (Lipinski definition) is 1. The molecule has 1 aliphatic heterocycles. The number of rotatable bonds is 4. The zero-order chi connectivity index (χ0) is 13.0. The number of hydrogen-bond acceptors (Lipinski definition) is 3. The summed E-state index contributed by atoms with van der Waals surface area (Å²) in [5, 5.41) is 3.34. The number of carbonyl (C=O) groups is 1. The normalized spacial score (nSPS) is 21.6. The van der Waals surface area contributed by atoms with Crippen molar-refractivity contribution in [1.82, 2.24) is 10.3 Å². The Labute approximate surface area is 107 Å². The van der Waals surface area contributed by atoms with Crippen LogP contribution >= 0.6 is 0 Å². The first-order valence-corrected chi connectivity index (χ1v) is 6.52. The number of carbonyl (C=O) groups excluding carboxylic acids is 1. The molecule has 0 radical (unpaired) electrons. The summed E-state index contributed by atoms with van der Waals surface area (Å²) in [7, 11) is 0. The van der Waals surface area contributed by atoms with Crippen LogP contribution in [0.3, 0.4) is 0 Å². The molecule has 2 atom stereocenters. The maximum Gasteiger partial charge on any atom is 0.166 e. The standard InChI is InChI=1S/C14H19FN2O/c1-10(11-3-2-5-16-8-11)7-14(18)12-4-6-17-9-13(12)15/h4,6,9-11,16H,2-3,5,7-8H2,1H3. The van der Waals surface area contributed by atoms with Crippen LogP contribution in [0, 0.1) is 17.7 Å². The van der Waals surface area contributed by atoms with Gasteiger partial charge in [-0.2, -0.15) is 0 Å². The summed E-state index contributed by atoms with van der Waals surface area (Å²) in [5.74, 6) is 0.176. The Bertz CT molecular complexity index is 416. The van der Waals surface area contributed by atoms with E-state index >= 15 is 0 Å². The largest absolute Gasteiger partial charge is 0.316 e. The Balaban J connectivity index is 1.96. The minimum atomic E-state index is -0.517. The van der Waals surface area contributed by atoms with Gasteiger partial charge in [-0.15, -0.1) is 0 Å². The third kappa shape index (κ3) is 3.13. The van der Waals surface area contributed by atoms with E-state index in [1.54, 1.807) is 0 Å². The zero-order valence-electron chi connectivity index (χ0n) is 10.7. The van der Waals surface area contributed by atoms with Gasteiger partial charge in [0.2, 0.25) is 0 Å². The second-order valence-electron chi connectivity index (χ2n) is 5.07. The van der Waals surface area contributed by atoms with Gasteiger partial charge in [0.25, 0.3) is 0 Å². The molecule has 1 fully saturated rings. The quantitative estimate of drug-likeness (QED) is 0.834. The third-order valence-corrected chi connectivity index (χ3v) is 3.72. The first-order chi connectivity index (χ1) is 8.68. The number of pyridine rings is 1. The SMILES string of the molecule is CC(CC(=O)c1ccncc1F)C1CCCNC1.